The van der Waals surface area contributed by atoms with E-state index < -0.39 is 11.7 Å². The van der Waals surface area contributed by atoms with Gasteiger partial charge in [0.05, 0.1) is 13.7 Å². The van der Waals surface area contributed by atoms with E-state index in [1.807, 2.05) is 0 Å². The molecule has 0 unspecified atom stereocenters. The van der Waals surface area contributed by atoms with E-state index in [9.17, 15) is 14.0 Å². The summed E-state index contributed by atoms with van der Waals surface area (Å²) in [7, 11) is 1.55. The highest BCUT2D eigenvalue weighted by molar-refractivity contribution is 6.02. The van der Waals surface area contributed by atoms with E-state index in [4.69, 9.17) is 9.15 Å². The fourth-order valence-electron chi connectivity index (χ4n) is 2.37. The number of halogens is 1. The normalized spacial score (nSPS) is 10.3. The van der Waals surface area contributed by atoms with E-state index in [1.54, 1.807) is 43.5 Å². The lowest BCUT2D eigenvalue weighted by Gasteiger charge is -2.05. The summed E-state index contributed by atoms with van der Waals surface area (Å²) in [5, 5.41) is 5.25. The van der Waals surface area contributed by atoms with Gasteiger partial charge in [-0.05, 0) is 54.6 Å². The van der Waals surface area contributed by atoms with Gasteiger partial charge in [-0.15, -0.1) is 0 Å². The van der Waals surface area contributed by atoms with Gasteiger partial charge in [0, 0.05) is 11.3 Å². The summed E-state index contributed by atoms with van der Waals surface area (Å²) in [6.07, 6.45) is 0. The van der Waals surface area contributed by atoms with Crippen molar-refractivity contribution in [2.75, 3.05) is 12.4 Å². The largest absolute Gasteiger partial charge is 0.497 e. The van der Waals surface area contributed by atoms with Crippen LogP contribution in [0.3, 0.4) is 0 Å². The van der Waals surface area contributed by atoms with Gasteiger partial charge in [0.1, 0.15) is 17.3 Å². The van der Waals surface area contributed by atoms with Crippen molar-refractivity contribution in [3.05, 3.63) is 83.6 Å². The van der Waals surface area contributed by atoms with Crippen molar-refractivity contribution in [2.45, 2.75) is 6.54 Å². The molecular formula is C20H17FN2O4. The van der Waals surface area contributed by atoms with Crippen LogP contribution in [0, 0.1) is 5.82 Å². The van der Waals surface area contributed by atoms with Gasteiger partial charge in [0.25, 0.3) is 11.8 Å². The zero-order valence-corrected chi connectivity index (χ0v) is 14.5. The molecule has 3 aromatic rings. The van der Waals surface area contributed by atoms with Crippen molar-refractivity contribution >= 4 is 17.5 Å². The van der Waals surface area contributed by atoms with Crippen molar-refractivity contribution in [1.82, 2.24) is 5.32 Å². The van der Waals surface area contributed by atoms with Gasteiger partial charge < -0.3 is 19.8 Å². The Labute approximate surface area is 155 Å². The smallest absolute Gasteiger partial charge is 0.291 e. The number of furan rings is 1. The fraction of sp³-hybridized carbons (Fsp3) is 0.100. The number of anilines is 1. The van der Waals surface area contributed by atoms with Gasteiger partial charge in [-0.1, -0.05) is 6.07 Å². The quantitative estimate of drug-likeness (QED) is 0.697. The second kappa shape index (κ2) is 8.18. The number of carbonyl (C=O) groups excluding carboxylic acids is 2. The number of ether oxygens (including phenoxy) is 1. The number of rotatable bonds is 6. The summed E-state index contributed by atoms with van der Waals surface area (Å²) >= 11 is 0. The van der Waals surface area contributed by atoms with Crippen LogP contribution >= 0.6 is 0 Å². The van der Waals surface area contributed by atoms with Gasteiger partial charge in [-0.3, -0.25) is 9.59 Å². The maximum absolute atomic E-state index is 13.2. The summed E-state index contributed by atoms with van der Waals surface area (Å²) in [4.78, 5) is 24.3. The number of benzene rings is 2. The minimum Gasteiger partial charge on any atom is -0.497 e. The van der Waals surface area contributed by atoms with Crippen LogP contribution < -0.4 is 15.4 Å². The van der Waals surface area contributed by atoms with E-state index in [2.05, 4.69) is 10.6 Å². The van der Waals surface area contributed by atoms with Crippen molar-refractivity contribution < 1.29 is 23.1 Å². The first-order chi connectivity index (χ1) is 13.0. The number of hydrogen-bond donors (Lipinski definition) is 2. The molecule has 0 radical (unpaired) electrons. The molecular weight excluding hydrogens is 351 g/mol. The van der Waals surface area contributed by atoms with Crippen molar-refractivity contribution in [2.24, 2.45) is 0 Å². The topological polar surface area (TPSA) is 80.6 Å². The zero-order valence-electron chi connectivity index (χ0n) is 14.5. The number of amides is 2. The number of methoxy groups -OCH3 is 1. The second-order valence-electron chi connectivity index (χ2n) is 5.64. The number of nitrogens with one attached hydrogen (secondary N) is 2. The highest BCUT2D eigenvalue weighted by Gasteiger charge is 2.13. The zero-order chi connectivity index (χ0) is 19.2. The van der Waals surface area contributed by atoms with E-state index >= 15 is 0 Å². The molecule has 0 saturated heterocycles. The fourth-order valence-corrected chi connectivity index (χ4v) is 2.37. The molecule has 2 aromatic carbocycles. The lowest BCUT2D eigenvalue weighted by molar-refractivity contribution is 0.0948. The summed E-state index contributed by atoms with van der Waals surface area (Å²) in [5.74, 6) is -0.0944. The minimum atomic E-state index is -0.506. The Morgan fingerprint density at radius 3 is 2.52 bits per heavy atom. The van der Waals surface area contributed by atoms with E-state index in [-0.39, 0.29) is 18.2 Å². The summed E-state index contributed by atoms with van der Waals surface area (Å²) in [6, 6.07) is 15.3. The molecule has 3 rings (SSSR count). The molecule has 1 heterocycles. The Kier molecular flexibility index (Phi) is 5.51. The van der Waals surface area contributed by atoms with Crippen LogP contribution in [0.5, 0.6) is 5.75 Å². The van der Waals surface area contributed by atoms with Gasteiger partial charge >= 0.3 is 0 Å². The lowest BCUT2D eigenvalue weighted by Crippen LogP contribution is -2.22. The molecule has 0 spiro atoms. The third-order valence-electron chi connectivity index (χ3n) is 3.74. The number of carbonyl (C=O) groups is 2. The standard InChI is InChI=1S/C20H17FN2O4/c1-26-16-7-5-13(6-8-16)19(24)22-12-17-9-10-18(27-17)20(25)23-15-4-2-3-14(21)11-15/h2-11H,12H2,1H3,(H,22,24)(H,23,25). The maximum atomic E-state index is 13.2. The molecule has 7 heteroatoms. The van der Waals surface area contributed by atoms with Crippen LogP contribution in [-0.2, 0) is 6.54 Å². The third kappa shape index (κ3) is 4.72. The summed E-state index contributed by atoms with van der Waals surface area (Å²) < 4.78 is 23.6. The summed E-state index contributed by atoms with van der Waals surface area (Å²) in [5.41, 5.74) is 0.803. The summed E-state index contributed by atoms with van der Waals surface area (Å²) in [6.45, 7) is 0.123. The Balaban J connectivity index is 1.57. The Bertz CT molecular complexity index is 951. The molecule has 6 nitrogen and oxygen atoms in total. The van der Waals surface area contributed by atoms with E-state index in [1.165, 1.54) is 24.3 Å². The van der Waals surface area contributed by atoms with E-state index in [0.717, 1.165) is 0 Å². The van der Waals surface area contributed by atoms with Gasteiger partial charge in [-0.2, -0.15) is 0 Å². The average Bonchev–Trinajstić information content (AvgIpc) is 3.15. The van der Waals surface area contributed by atoms with Crippen LogP contribution in [-0.4, -0.2) is 18.9 Å². The highest BCUT2D eigenvalue weighted by Crippen LogP contribution is 2.14. The first kappa shape index (κ1) is 18.2. The maximum Gasteiger partial charge on any atom is 0.291 e. The number of hydrogen-bond acceptors (Lipinski definition) is 4. The molecule has 27 heavy (non-hydrogen) atoms. The molecule has 138 valence electrons. The highest BCUT2D eigenvalue weighted by atomic mass is 19.1. The molecule has 0 aliphatic rings. The van der Waals surface area contributed by atoms with Crippen molar-refractivity contribution in [1.29, 1.82) is 0 Å². The lowest BCUT2D eigenvalue weighted by atomic mass is 10.2. The Hall–Kier alpha value is -3.61. The second-order valence-corrected chi connectivity index (χ2v) is 5.64. The van der Waals surface area contributed by atoms with Crippen LogP contribution in [0.2, 0.25) is 0 Å². The molecule has 2 amide bonds. The predicted octanol–water partition coefficient (Wildman–Crippen LogP) is 3.61. The van der Waals surface area contributed by atoms with E-state index in [0.29, 0.717) is 22.8 Å². The molecule has 0 aliphatic heterocycles. The molecule has 0 atom stereocenters. The van der Waals surface area contributed by atoms with Crippen LogP contribution in [0.25, 0.3) is 0 Å². The first-order valence-corrected chi connectivity index (χ1v) is 8.13. The Morgan fingerprint density at radius 1 is 1.04 bits per heavy atom. The third-order valence-corrected chi connectivity index (χ3v) is 3.74. The molecule has 1 aromatic heterocycles. The monoisotopic (exact) mass is 368 g/mol. The van der Waals surface area contributed by atoms with Crippen LogP contribution in [0.1, 0.15) is 26.7 Å². The molecule has 0 bridgehead atoms. The molecule has 0 fully saturated rings. The molecule has 0 aliphatic carbocycles. The van der Waals surface area contributed by atoms with Gasteiger partial charge in [0.2, 0.25) is 0 Å². The minimum absolute atomic E-state index is 0.0629. The first-order valence-electron chi connectivity index (χ1n) is 8.13. The molecule has 0 saturated carbocycles. The van der Waals surface area contributed by atoms with Gasteiger partial charge in [0.15, 0.2) is 5.76 Å². The Morgan fingerprint density at radius 2 is 1.81 bits per heavy atom. The average molecular weight is 368 g/mol. The van der Waals surface area contributed by atoms with Crippen LogP contribution in [0.4, 0.5) is 10.1 Å². The predicted molar refractivity (Wildman–Crippen MR) is 97.2 cm³/mol. The van der Waals surface area contributed by atoms with Gasteiger partial charge in [-0.25, -0.2) is 4.39 Å². The SMILES string of the molecule is COc1ccc(C(=O)NCc2ccc(C(=O)Nc3cccc(F)c3)o2)cc1. The van der Waals surface area contributed by atoms with Crippen LogP contribution in [0.15, 0.2) is 65.1 Å². The van der Waals surface area contributed by atoms with Crippen molar-refractivity contribution in [3.8, 4) is 5.75 Å². The molecule has 2 N–H and O–H groups in total. The van der Waals surface area contributed by atoms with Crippen molar-refractivity contribution in [3.63, 3.8) is 0 Å².